The molecule has 0 amide bonds. The third kappa shape index (κ3) is 7.21. The van der Waals surface area contributed by atoms with E-state index in [0.717, 1.165) is 32.1 Å². The van der Waals surface area contributed by atoms with Gasteiger partial charge in [0.2, 0.25) is 0 Å². The Morgan fingerprint density at radius 3 is 1.12 bits per heavy atom. The van der Waals surface area contributed by atoms with Crippen molar-refractivity contribution in [1.29, 1.82) is 10.8 Å². The third-order valence-electron chi connectivity index (χ3n) is 4.34. The van der Waals surface area contributed by atoms with Crippen molar-refractivity contribution in [3.63, 3.8) is 0 Å². The van der Waals surface area contributed by atoms with Crippen LogP contribution in [0.2, 0.25) is 0 Å². The summed E-state index contributed by atoms with van der Waals surface area (Å²) in [6, 6.07) is 17.3. The molecule has 0 atom stereocenters. The second-order valence-electron chi connectivity index (χ2n) is 6.54. The van der Waals surface area contributed by atoms with Gasteiger partial charge in [-0.3, -0.25) is 10.8 Å². The number of nitrogens with one attached hydrogen (secondary N) is 2. The van der Waals surface area contributed by atoms with Gasteiger partial charge in [-0.05, 0) is 54.4 Å². The number of aryl methyl sites for hydroxylation is 4. The molecule has 4 heteroatoms. The monoisotopic (exact) mass is 336 g/mol. The van der Waals surface area contributed by atoms with Gasteiger partial charge in [-0.15, -0.1) is 0 Å². The van der Waals surface area contributed by atoms with E-state index in [1.807, 2.05) is 0 Å². The molecule has 0 aliphatic rings. The van der Waals surface area contributed by atoms with Gasteiger partial charge in [0.25, 0.3) is 0 Å². The highest BCUT2D eigenvalue weighted by atomic mass is 14.7. The lowest BCUT2D eigenvalue weighted by atomic mass is 10.0. The number of rotatable bonds is 10. The predicted octanol–water partition coefficient (Wildman–Crippen LogP) is 3.60. The van der Waals surface area contributed by atoms with Crippen LogP contribution in [0.3, 0.4) is 0 Å². The largest absolute Gasteiger partial charge is 0.388 e. The maximum absolute atomic E-state index is 7.28. The Bertz CT molecular complexity index is 625. The van der Waals surface area contributed by atoms with E-state index in [9.17, 15) is 0 Å². The lowest BCUT2D eigenvalue weighted by Gasteiger charge is -2.06. The van der Waals surface area contributed by atoms with Gasteiger partial charge >= 0.3 is 0 Å². The first-order chi connectivity index (χ1) is 12.0. The zero-order valence-corrected chi connectivity index (χ0v) is 14.7. The average molecular weight is 336 g/mol. The first kappa shape index (κ1) is 18.7. The lowest BCUT2D eigenvalue weighted by molar-refractivity contribution is 0.819. The first-order valence-electron chi connectivity index (χ1n) is 8.84. The Morgan fingerprint density at radius 1 is 0.560 bits per heavy atom. The fourth-order valence-corrected chi connectivity index (χ4v) is 2.80. The van der Waals surface area contributed by atoms with Crippen molar-refractivity contribution in [2.24, 2.45) is 11.5 Å². The molecular weight excluding hydrogens is 308 g/mol. The molecule has 132 valence electrons. The van der Waals surface area contributed by atoms with Gasteiger partial charge in [0.1, 0.15) is 0 Å². The van der Waals surface area contributed by atoms with Crippen LogP contribution in [0.4, 0.5) is 0 Å². The van der Waals surface area contributed by atoms with Gasteiger partial charge in [-0.1, -0.05) is 48.5 Å². The molecule has 0 fully saturated rings. The van der Waals surface area contributed by atoms with Crippen molar-refractivity contribution in [3.8, 4) is 0 Å². The summed E-state index contributed by atoms with van der Waals surface area (Å²) in [5, 5.41) is 14.6. The molecule has 0 aliphatic carbocycles. The smallest absolute Gasteiger partial charge is 0.0908 e. The van der Waals surface area contributed by atoms with E-state index in [-0.39, 0.29) is 11.7 Å². The summed E-state index contributed by atoms with van der Waals surface area (Å²) in [5.74, 6) is 0.493. The predicted molar refractivity (Wildman–Crippen MR) is 105 cm³/mol. The standard InChI is InChI=1S/C21H28N4/c22-20(23)14-12-18-8-4-16(5-9-18)2-1-3-17-6-10-19(11-7-17)13-15-21(24)25/h4-11H,1-3,12-15H2,(H3,22,23)(H3,24,25). The molecule has 0 aliphatic heterocycles. The second-order valence-corrected chi connectivity index (χ2v) is 6.54. The van der Waals surface area contributed by atoms with Gasteiger partial charge in [-0.2, -0.15) is 0 Å². The first-order valence-corrected chi connectivity index (χ1v) is 8.84. The van der Waals surface area contributed by atoms with Gasteiger partial charge < -0.3 is 11.5 Å². The molecular formula is C21H28N4. The van der Waals surface area contributed by atoms with Crippen LogP contribution in [0.15, 0.2) is 48.5 Å². The molecule has 0 heterocycles. The van der Waals surface area contributed by atoms with Crippen molar-refractivity contribution in [3.05, 3.63) is 70.8 Å². The zero-order chi connectivity index (χ0) is 18.1. The molecule has 0 saturated carbocycles. The SMILES string of the molecule is N=C(N)CCc1ccc(CCCc2ccc(CCC(=N)N)cc2)cc1. The molecule has 2 aromatic carbocycles. The van der Waals surface area contributed by atoms with E-state index >= 15 is 0 Å². The summed E-state index contributed by atoms with van der Waals surface area (Å²) < 4.78 is 0. The Balaban J connectivity index is 1.74. The number of amidine groups is 2. The van der Waals surface area contributed by atoms with E-state index < -0.39 is 0 Å². The molecule has 0 unspecified atom stereocenters. The number of hydrogen-bond donors (Lipinski definition) is 4. The van der Waals surface area contributed by atoms with E-state index in [1.165, 1.54) is 22.3 Å². The van der Waals surface area contributed by atoms with Crippen molar-refractivity contribution in [2.75, 3.05) is 0 Å². The summed E-state index contributed by atoms with van der Waals surface area (Å²) in [6.45, 7) is 0. The Kier molecular flexibility index (Phi) is 7.20. The molecule has 4 nitrogen and oxygen atoms in total. The van der Waals surface area contributed by atoms with Crippen molar-refractivity contribution >= 4 is 11.7 Å². The zero-order valence-electron chi connectivity index (χ0n) is 14.7. The van der Waals surface area contributed by atoms with Crippen molar-refractivity contribution in [2.45, 2.75) is 44.9 Å². The lowest BCUT2D eigenvalue weighted by Crippen LogP contribution is -2.10. The van der Waals surface area contributed by atoms with Crippen molar-refractivity contribution < 1.29 is 0 Å². The van der Waals surface area contributed by atoms with Gasteiger partial charge in [0.15, 0.2) is 0 Å². The van der Waals surface area contributed by atoms with Crippen LogP contribution in [-0.4, -0.2) is 11.7 Å². The minimum absolute atomic E-state index is 0.247. The van der Waals surface area contributed by atoms with Crippen LogP contribution < -0.4 is 11.5 Å². The summed E-state index contributed by atoms with van der Waals surface area (Å²) in [7, 11) is 0. The molecule has 25 heavy (non-hydrogen) atoms. The van der Waals surface area contributed by atoms with Crippen LogP contribution >= 0.6 is 0 Å². The van der Waals surface area contributed by atoms with E-state index in [4.69, 9.17) is 22.3 Å². The highest BCUT2D eigenvalue weighted by Crippen LogP contribution is 2.12. The fraction of sp³-hybridized carbons (Fsp3) is 0.333. The van der Waals surface area contributed by atoms with E-state index in [1.54, 1.807) is 0 Å². The van der Waals surface area contributed by atoms with Crippen LogP contribution in [0.5, 0.6) is 0 Å². The highest BCUT2D eigenvalue weighted by molar-refractivity contribution is 5.77. The normalized spacial score (nSPS) is 10.6. The van der Waals surface area contributed by atoms with Crippen LogP contribution in [0.1, 0.15) is 41.5 Å². The van der Waals surface area contributed by atoms with Crippen LogP contribution in [0, 0.1) is 10.8 Å². The molecule has 2 rings (SSSR count). The number of benzene rings is 2. The van der Waals surface area contributed by atoms with E-state index in [2.05, 4.69) is 48.5 Å². The summed E-state index contributed by atoms with van der Waals surface area (Å²) >= 11 is 0. The second kappa shape index (κ2) is 9.62. The molecule has 0 spiro atoms. The maximum atomic E-state index is 7.28. The van der Waals surface area contributed by atoms with Crippen molar-refractivity contribution in [1.82, 2.24) is 0 Å². The quantitative estimate of drug-likeness (QED) is 0.394. The Labute approximate surface area is 150 Å². The molecule has 0 radical (unpaired) electrons. The molecule has 6 N–H and O–H groups in total. The van der Waals surface area contributed by atoms with Crippen LogP contribution in [-0.2, 0) is 25.7 Å². The molecule has 0 saturated heterocycles. The summed E-state index contributed by atoms with van der Waals surface area (Å²) in [6.07, 6.45) is 6.19. The third-order valence-corrected chi connectivity index (χ3v) is 4.34. The Morgan fingerprint density at radius 2 is 0.840 bits per heavy atom. The molecule has 0 bridgehead atoms. The van der Waals surface area contributed by atoms with Gasteiger partial charge in [0.05, 0.1) is 11.7 Å². The van der Waals surface area contributed by atoms with Gasteiger partial charge in [0, 0.05) is 12.8 Å². The Hall–Kier alpha value is -2.62. The number of nitrogens with two attached hydrogens (primary N) is 2. The maximum Gasteiger partial charge on any atom is 0.0908 e. The average Bonchev–Trinajstić information content (AvgIpc) is 2.60. The minimum Gasteiger partial charge on any atom is -0.388 e. The minimum atomic E-state index is 0.247. The topological polar surface area (TPSA) is 99.7 Å². The number of hydrogen-bond acceptors (Lipinski definition) is 2. The molecule has 2 aromatic rings. The summed E-state index contributed by atoms with van der Waals surface area (Å²) in [5.41, 5.74) is 16.0. The highest BCUT2D eigenvalue weighted by Gasteiger charge is 2.00. The fourth-order valence-electron chi connectivity index (χ4n) is 2.80. The van der Waals surface area contributed by atoms with Gasteiger partial charge in [-0.25, -0.2) is 0 Å². The van der Waals surface area contributed by atoms with Crippen LogP contribution in [0.25, 0.3) is 0 Å². The summed E-state index contributed by atoms with van der Waals surface area (Å²) in [4.78, 5) is 0. The molecule has 0 aromatic heterocycles. The van der Waals surface area contributed by atoms with E-state index in [0.29, 0.717) is 12.8 Å².